The van der Waals surface area contributed by atoms with Crippen molar-refractivity contribution in [3.05, 3.63) is 23.9 Å². The summed E-state index contributed by atoms with van der Waals surface area (Å²) in [5.41, 5.74) is 1.14. The standard InChI is InChI=1S/C14H19N3O2/c18-11-17-5-1-2-13(17)12-3-4-14(15-10-12)16-6-8-19-9-7-16/h3-4,10-11,13H,1-2,5-9H2/t13-/m1/s1. The molecule has 2 aliphatic rings. The van der Waals surface area contributed by atoms with Crippen molar-refractivity contribution in [2.75, 3.05) is 37.7 Å². The molecular formula is C14H19N3O2. The Morgan fingerprint density at radius 3 is 2.79 bits per heavy atom. The molecule has 1 aromatic heterocycles. The molecule has 19 heavy (non-hydrogen) atoms. The topological polar surface area (TPSA) is 45.7 Å². The first kappa shape index (κ1) is 12.4. The van der Waals surface area contributed by atoms with Gasteiger partial charge >= 0.3 is 0 Å². The minimum Gasteiger partial charge on any atom is -0.378 e. The SMILES string of the molecule is O=CN1CCC[C@@H]1c1ccc(N2CCOCC2)nc1. The van der Waals surface area contributed by atoms with Crippen LogP contribution >= 0.6 is 0 Å². The highest BCUT2D eigenvalue weighted by molar-refractivity contribution is 5.50. The lowest BCUT2D eigenvalue weighted by Crippen LogP contribution is -2.36. The van der Waals surface area contributed by atoms with Gasteiger partial charge in [-0.25, -0.2) is 4.98 Å². The van der Waals surface area contributed by atoms with Crippen LogP contribution in [0, 0.1) is 0 Å². The molecule has 5 nitrogen and oxygen atoms in total. The van der Waals surface area contributed by atoms with E-state index < -0.39 is 0 Å². The van der Waals surface area contributed by atoms with Gasteiger partial charge in [-0.3, -0.25) is 4.79 Å². The monoisotopic (exact) mass is 261 g/mol. The Bertz CT molecular complexity index is 429. The lowest BCUT2D eigenvalue weighted by molar-refractivity contribution is -0.118. The van der Waals surface area contributed by atoms with Gasteiger partial charge in [-0.15, -0.1) is 0 Å². The van der Waals surface area contributed by atoms with E-state index in [0.717, 1.165) is 63.5 Å². The number of anilines is 1. The minimum absolute atomic E-state index is 0.212. The highest BCUT2D eigenvalue weighted by atomic mass is 16.5. The summed E-state index contributed by atoms with van der Waals surface area (Å²) in [7, 11) is 0. The summed E-state index contributed by atoms with van der Waals surface area (Å²) in [6.45, 7) is 4.20. The summed E-state index contributed by atoms with van der Waals surface area (Å²) >= 11 is 0. The number of rotatable bonds is 3. The number of aromatic nitrogens is 1. The minimum atomic E-state index is 0.212. The van der Waals surface area contributed by atoms with Crippen LogP contribution in [0.1, 0.15) is 24.4 Å². The summed E-state index contributed by atoms with van der Waals surface area (Å²) in [6, 6.07) is 4.37. The van der Waals surface area contributed by atoms with Crippen LogP contribution < -0.4 is 4.90 Å². The maximum atomic E-state index is 11.0. The average molecular weight is 261 g/mol. The highest BCUT2D eigenvalue weighted by Gasteiger charge is 2.25. The van der Waals surface area contributed by atoms with E-state index >= 15 is 0 Å². The number of amides is 1. The van der Waals surface area contributed by atoms with Crippen LogP contribution in [0.15, 0.2) is 18.3 Å². The highest BCUT2D eigenvalue weighted by Crippen LogP contribution is 2.30. The number of carbonyl (C=O) groups is 1. The smallest absolute Gasteiger partial charge is 0.210 e. The molecule has 0 unspecified atom stereocenters. The van der Waals surface area contributed by atoms with Crippen LogP contribution in [-0.2, 0) is 9.53 Å². The van der Waals surface area contributed by atoms with E-state index in [-0.39, 0.29) is 6.04 Å². The van der Waals surface area contributed by atoms with Gasteiger partial charge in [0.25, 0.3) is 0 Å². The molecule has 1 amide bonds. The Hall–Kier alpha value is -1.62. The van der Waals surface area contributed by atoms with Crippen LogP contribution in [0.4, 0.5) is 5.82 Å². The molecule has 3 heterocycles. The molecule has 5 heteroatoms. The van der Waals surface area contributed by atoms with Crippen LogP contribution in [0.2, 0.25) is 0 Å². The predicted molar refractivity (Wildman–Crippen MR) is 72.0 cm³/mol. The van der Waals surface area contributed by atoms with Crippen molar-refractivity contribution in [3.63, 3.8) is 0 Å². The van der Waals surface area contributed by atoms with Crippen molar-refractivity contribution >= 4 is 12.2 Å². The van der Waals surface area contributed by atoms with Gasteiger partial charge in [-0.05, 0) is 24.5 Å². The molecule has 3 rings (SSSR count). The van der Waals surface area contributed by atoms with Crippen molar-refractivity contribution in [3.8, 4) is 0 Å². The van der Waals surface area contributed by atoms with Gasteiger partial charge in [-0.2, -0.15) is 0 Å². The van der Waals surface area contributed by atoms with Crippen molar-refractivity contribution in [2.24, 2.45) is 0 Å². The second kappa shape index (κ2) is 5.57. The number of ether oxygens (including phenoxy) is 1. The third-order valence-corrected chi connectivity index (χ3v) is 3.92. The first-order valence-electron chi connectivity index (χ1n) is 6.88. The predicted octanol–water partition coefficient (Wildman–Crippen LogP) is 1.21. The zero-order chi connectivity index (χ0) is 13.1. The molecule has 0 aromatic carbocycles. The lowest BCUT2D eigenvalue weighted by atomic mass is 10.1. The van der Waals surface area contributed by atoms with Crippen molar-refractivity contribution in [2.45, 2.75) is 18.9 Å². The summed E-state index contributed by atoms with van der Waals surface area (Å²) in [6.07, 6.45) is 4.98. The Labute approximate surface area is 113 Å². The van der Waals surface area contributed by atoms with Gasteiger partial charge in [0.05, 0.1) is 19.3 Å². The third kappa shape index (κ3) is 2.56. The number of pyridine rings is 1. The fourth-order valence-electron chi connectivity index (χ4n) is 2.85. The first-order valence-corrected chi connectivity index (χ1v) is 6.88. The number of likely N-dealkylation sites (tertiary alicyclic amines) is 1. The number of morpholine rings is 1. The quantitative estimate of drug-likeness (QED) is 0.767. The average Bonchev–Trinajstić information content (AvgIpc) is 2.97. The van der Waals surface area contributed by atoms with Crippen molar-refractivity contribution in [1.82, 2.24) is 9.88 Å². The number of hydrogen-bond donors (Lipinski definition) is 0. The van der Waals surface area contributed by atoms with Crippen LogP contribution in [0.3, 0.4) is 0 Å². The first-order chi connectivity index (χ1) is 9.38. The molecule has 0 saturated carbocycles. The fraction of sp³-hybridized carbons (Fsp3) is 0.571. The third-order valence-electron chi connectivity index (χ3n) is 3.92. The van der Waals surface area contributed by atoms with Gasteiger partial charge in [0.15, 0.2) is 0 Å². The molecule has 102 valence electrons. The zero-order valence-corrected chi connectivity index (χ0v) is 11.0. The maximum absolute atomic E-state index is 11.0. The molecule has 0 aliphatic carbocycles. The lowest BCUT2D eigenvalue weighted by Gasteiger charge is -2.28. The van der Waals surface area contributed by atoms with Crippen molar-refractivity contribution < 1.29 is 9.53 Å². The van der Waals surface area contributed by atoms with E-state index in [4.69, 9.17) is 4.74 Å². The zero-order valence-electron chi connectivity index (χ0n) is 11.0. The van der Waals surface area contributed by atoms with Crippen LogP contribution in [0.5, 0.6) is 0 Å². The Morgan fingerprint density at radius 2 is 2.11 bits per heavy atom. The van der Waals surface area contributed by atoms with E-state index in [2.05, 4.69) is 22.0 Å². The van der Waals surface area contributed by atoms with E-state index in [1.165, 1.54) is 0 Å². The number of nitrogens with zero attached hydrogens (tertiary/aromatic N) is 3. The van der Waals surface area contributed by atoms with E-state index in [1.54, 1.807) is 0 Å². The Balaban J connectivity index is 1.73. The molecule has 0 radical (unpaired) electrons. The summed E-state index contributed by atoms with van der Waals surface area (Å²) < 4.78 is 5.34. The number of hydrogen-bond acceptors (Lipinski definition) is 4. The molecule has 2 saturated heterocycles. The normalized spacial score (nSPS) is 23.7. The van der Waals surface area contributed by atoms with Crippen LogP contribution in [0.25, 0.3) is 0 Å². The Morgan fingerprint density at radius 1 is 1.26 bits per heavy atom. The largest absolute Gasteiger partial charge is 0.378 e. The van der Waals surface area contributed by atoms with Gasteiger partial charge in [0.2, 0.25) is 6.41 Å². The van der Waals surface area contributed by atoms with Gasteiger partial charge in [-0.1, -0.05) is 6.07 Å². The second-order valence-electron chi connectivity index (χ2n) is 5.05. The van der Waals surface area contributed by atoms with Gasteiger partial charge in [0, 0.05) is 25.8 Å². The van der Waals surface area contributed by atoms with E-state index in [1.807, 2.05) is 11.1 Å². The summed E-state index contributed by atoms with van der Waals surface area (Å²) in [5.74, 6) is 1.00. The molecule has 2 aliphatic heterocycles. The molecule has 1 atom stereocenters. The van der Waals surface area contributed by atoms with E-state index in [0.29, 0.717) is 0 Å². The Kier molecular flexibility index (Phi) is 3.64. The molecule has 1 aromatic rings. The maximum Gasteiger partial charge on any atom is 0.210 e. The van der Waals surface area contributed by atoms with Gasteiger partial charge in [0.1, 0.15) is 5.82 Å². The molecule has 0 spiro atoms. The van der Waals surface area contributed by atoms with E-state index in [9.17, 15) is 4.79 Å². The fourth-order valence-corrected chi connectivity index (χ4v) is 2.85. The number of carbonyl (C=O) groups excluding carboxylic acids is 1. The summed E-state index contributed by atoms with van der Waals surface area (Å²) in [4.78, 5) is 19.6. The molecular weight excluding hydrogens is 242 g/mol. The van der Waals surface area contributed by atoms with Crippen LogP contribution in [-0.4, -0.2) is 49.1 Å². The van der Waals surface area contributed by atoms with Gasteiger partial charge < -0.3 is 14.5 Å². The summed E-state index contributed by atoms with van der Waals surface area (Å²) in [5, 5.41) is 0. The molecule has 0 bridgehead atoms. The molecule has 0 N–H and O–H groups in total. The van der Waals surface area contributed by atoms with Crippen molar-refractivity contribution in [1.29, 1.82) is 0 Å². The second-order valence-corrected chi connectivity index (χ2v) is 5.05. The molecule has 2 fully saturated rings.